The predicted molar refractivity (Wildman–Crippen MR) is 57.7 cm³/mol. The Hall–Kier alpha value is -0.260. The molecule has 2 saturated carbocycles. The molecule has 0 spiro atoms. The first-order chi connectivity index (χ1) is 6.27. The zero-order chi connectivity index (χ0) is 9.31. The van der Waals surface area contributed by atoms with Crippen molar-refractivity contribution in [2.75, 3.05) is 0 Å². The molecule has 2 aliphatic rings. The third-order valence-electron chi connectivity index (χ3n) is 4.48. The second-order valence-electron chi connectivity index (χ2n) is 5.07. The van der Waals surface area contributed by atoms with Gasteiger partial charge < -0.3 is 0 Å². The van der Waals surface area contributed by atoms with Gasteiger partial charge in [-0.3, -0.25) is 0 Å². The summed E-state index contributed by atoms with van der Waals surface area (Å²) in [6.07, 6.45) is 12.6. The smallest absolute Gasteiger partial charge is 0.00883 e. The van der Waals surface area contributed by atoms with Gasteiger partial charge in [0.15, 0.2) is 0 Å². The monoisotopic (exact) mass is 178 g/mol. The van der Waals surface area contributed by atoms with Crippen molar-refractivity contribution in [3.8, 4) is 0 Å². The van der Waals surface area contributed by atoms with Gasteiger partial charge in [0, 0.05) is 0 Å². The van der Waals surface area contributed by atoms with Crippen molar-refractivity contribution < 1.29 is 0 Å². The van der Waals surface area contributed by atoms with E-state index in [4.69, 9.17) is 0 Å². The summed E-state index contributed by atoms with van der Waals surface area (Å²) in [6.45, 7) is 4.75. The molecule has 2 unspecified atom stereocenters. The Bertz CT molecular complexity index is 212. The summed E-state index contributed by atoms with van der Waals surface area (Å²) in [7, 11) is 0. The minimum Gasteiger partial charge on any atom is -0.0879 e. The summed E-state index contributed by atoms with van der Waals surface area (Å²) in [6, 6.07) is 0. The van der Waals surface area contributed by atoms with Crippen LogP contribution in [0.15, 0.2) is 11.6 Å². The molecule has 0 aliphatic heterocycles. The third-order valence-corrected chi connectivity index (χ3v) is 4.48. The van der Waals surface area contributed by atoms with Crippen LogP contribution in [0.3, 0.4) is 0 Å². The molecular formula is C13H22. The quantitative estimate of drug-likeness (QED) is 0.485. The van der Waals surface area contributed by atoms with Crippen LogP contribution >= 0.6 is 0 Å². The molecule has 74 valence electrons. The second-order valence-corrected chi connectivity index (χ2v) is 5.07. The highest BCUT2D eigenvalue weighted by atomic mass is 14.5. The van der Waals surface area contributed by atoms with E-state index in [-0.39, 0.29) is 0 Å². The van der Waals surface area contributed by atoms with Crippen LogP contribution in [0.5, 0.6) is 0 Å². The summed E-state index contributed by atoms with van der Waals surface area (Å²) in [4.78, 5) is 0. The lowest BCUT2D eigenvalue weighted by atomic mass is 9.58. The highest BCUT2D eigenvalue weighted by molar-refractivity contribution is 5.18. The van der Waals surface area contributed by atoms with Crippen molar-refractivity contribution in [3.63, 3.8) is 0 Å². The van der Waals surface area contributed by atoms with Gasteiger partial charge in [0.2, 0.25) is 0 Å². The van der Waals surface area contributed by atoms with Crippen molar-refractivity contribution in [2.45, 2.75) is 58.8 Å². The molecule has 0 nitrogen and oxygen atoms in total. The molecule has 0 heterocycles. The first-order valence-corrected chi connectivity index (χ1v) is 5.93. The molecule has 0 bridgehead atoms. The molecule has 2 aliphatic carbocycles. The van der Waals surface area contributed by atoms with Gasteiger partial charge in [0.1, 0.15) is 0 Å². The molecule has 2 rings (SSSR count). The van der Waals surface area contributed by atoms with Gasteiger partial charge in [-0.15, -0.1) is 0 Å². The van der Waals surface area contributed by atoms with Crippen LogP contribution in [-0.4, -0.2) is 0 Å². The van der Waals surface area contributed by atoms with Gasteiger partial charge in [0.25, 0.3) is 0 Å². The van der Waals surface area contributed by atoms with Crippen LogP contribution in [0.25, 0.3) is 0 Å². The first-order valence-electron chi connectivity index (χ1n) is 5.93. The van der Waals surface area contributed by atoms with Crippen LogP contribution in [0, 0.1) is 11.3 Å². The van der Waals surface area contributed by atoms with Crippen LogP contribution in [-0.2, 0) is 0 Å². The Kier molecular flexibility index (Phi) is 2.49. The molecule has 0 saturated heterocycles. The SMILES string of the molecule is C/C=C1/CCCC2CCCCC12C. The number of hydrogen-bond donors (Lipinski definition) is 0. The molecule has 0 N–H and O–H groups in total. The Morgan fingerprint density at radius 1 is 1.23 bits per heavy atom. The number of rotatable bonds is 0. The maximum Gasteiger partial charge on any atom is -0.00883 e. The summed E-state index contributed by atoms with van der Waals surface area (Å²) in [5.41, 5.74) is 2.37. The molecule has 2 atom stereocenters. The van der Waals surface area contributed by atoms with E-state index < -0.39 is 0 Å². The highest BCUT2D eigenvalue weighted by Crippen LogP contribution is 2.52. The average molecular weight is 178 g/mol. The fraction of sp³-hybridized carbons (Fsp3) is 0.846. The lowest BCUT2D eigenvalue weighted by Crippen LogP contribution is -2.35. The van der Waals surface area contributed by atoms with Crippen molar-refractivity contribution in [1.82, 2.24) is 0 Å². The molecular weight excluding hydrogens is 156 g/mol. The van der Waals surface area contributed by atoms with Crippen LogP contribution < -0.4 is 0 Å². The Morgan fingerprint density at radius 2 is 2.00 bits per heavy atom. The van der Waals surface area contributed by atoms with Gasteiger partial charge in [0.05, 0.1) is 0 Å². The Labute approximate surface area is 82.4 Å². The van der Waals surface area contributed by atoms with Gasteiger partial charge in [-0.25, -0.2) is 0 Å². The van der Waals surface area contributed by atoms with E-state index in [1.807, 2.05) is 0 Å². The molecule has 0 radical (unpaired) electrons. The zero-order valence-corrected chi connectivity index (χ0v) is 9.10. The number of allylic oxidation sites excluding steroid dienone is 2. The van der Waals surface area contributed by atoms with E-state index in [9.17, 15) is 0 Å². The van der Waals surface area contributed by atoms with Gasteiger partial charge in [-0.2, -0.15) is 0 Å². The van der Waals surface area contributed by atoms with Gasteiger partial charge in [-0.05, 0) is 50.4 Å². The Morgan fingerprint density at radius 3 is 2.77 bits per heavy atom. The molecule has 2 fully saturated rings. The fourth-order valence-electron chi connectivity index (χ4n) is 3.59. The molecule has 0 heteroatoms. The van der Waals surface area contributed by atoms with Crippen LogP contribution in [0.1, 0.15) is 58.8 Å². The summed E-state index contributed by atoms with van der Waals surface area (Å²) in [5, 5.41) is 0. The zero-order valence-electron chi connectivity index (χ0n) is 9.10. The van der Waals surface area contributed by atoms with Crippen molar-refractivity contribution in [3.05, 3.63) is 11.6 Å². The van der Waals surface area contributed by atoms with Gasteiger partial charge in [-0.1, -0.05) is 31.4 Å². The second kappa shape index (κ2) is 3.48. The van der Waals surface area contributed by atoms with E-state index in [0.717, 1.165) is 5.92 Å². The van der Waals surface area contributed by atoms with Crippen molar-refractivity contribution >= 4 is 0 Å². The van der Waals surface area contributed by atoms with Crippen molar-refractivity contribution in [2.24, 2.45) is 11.3 Å². The molecule has 0 aromatic rings. The van der Waals surface area contributed by atoms with E-state index in [1.54, 1.807) is 5.57 Å². The first kappa shape index (κ1) is 9.30. The standard InChI is InChI=1S/C13H22/c1-3-11-8-6-9-12-7-4-5-10-13(11,12)2/h3,12H,4-10H2,1-2H3/b11-3-. The summed E-state index contributed by atoms with van der Waals surface area (Å²) >= 11 is 0. The average Bonchev–Trinajstić information content (AvgIpc) is 2.16. The number of hydrogen-bond acceptors (Lipinski definition) is 0. The van der Waals surface area contributed by atoms with Crippen molar-refractivity contribution in [1.29, 1.82) is 0 Å². The van der Waals surface area contributed by atoms with Crippen LogP contribution in [0.2, 0.25) is 0 Å². The lowest BCUT2D eigenvalue weighted by molar-refractivity contribution is 0.119. The minimum atomic E-state index is 0.602. The number of fused-ring (bicyclic) bond motifs is 1. The lowest BCUT2D eigenvalue weighted by Gasteiger charge is -2.47. The maximum absolute atomic E-state index is 2.52. The summed E-state index contributed by atoms with van der Waals surface area (Å²) in [5.74, 6) is 1.01. The van der Waals surface area contributed by atoms with Gasteiger partial charge >= 0.3 is 0 Å². The van der Waals surface area contributed by atoms with E-state index in [0.29, 0.717) is 5.41 Å². The molecule has 13 heavy (non-hydrogen) atoms. The maximum atomic E-state index is 2.52. The predicted octanol–water partition coefficient (Wildman–Crippen LogP) is 4.31. The Balaban J connectivity index is 2.24. The molecule has 0 aromatic carbocycles. The third kappa shape index (κ3) is 1.45. The summed E-state index contributed by atoms with van der Waals surface area (Å²) < 4.78 is 0. The largest absolute Gasteiger partial charge is 0.0879 e. The molecule has 0 amide bonds. The highest BCUT2D eigenvalue weighted by Gasteiger charge is 2.40. The van der Waals surface area contributed by atoms with Crippen LogP contribution in [0.4, 0.5) is 0 Å². The van der Waals surface area contributed by atoms with E-state index in [1.165, 1.54) is 44.9 Å². The minimum absolute atomic E-state index is 0.602. The fourth-order valence-corrected chi connectivity index (χ4v) is 3.59. The topological polar surface area (TPSA) is 0 Å². The normalized spacial score (nSPS) is 43.2. The molecule has 0 aromatic heterocycles. The van der Waals surface area contributed by atoms with E-state index in [2.05, 4.69) is 19.9 Å². The van der Waals surface area contributed by atoms with E-state index >= 15 is 0 Å².